The van der Waals surface area contributed by atoms with Crippen LogP contribution in [0.5, 0.6) is 0 Å². The molecular formula is C12H22N2. The van der Waals surface area contributed by atoms with Gasteiger partial charge in [-0.3, -0.25) is 5.01 Å². The first kappa shape index (κ1) is 11.3. The normalized spacial score (nSPS) is 18.4. The minimum atomic E-state index is 0.0768. The lowest BCUT2D eigenvalue weighted by Crippen LogP contribution is -2.37. The predicted octanol–water partition coefficient (Wildman–Crippen LogP) is 3.41. The van der Waals surface area contributed by atoms with E-state index in [9.17, 15) is 0 Å². The van der Waals surface area contributed by atoms with E-state index >= 15 is 0 Å². The molecule has 0 saturated carbocycles. The Bertz CT molecular complexity index is 261. The van der Waals surface area contributed by atoms with Crippen molar-refractivity contribution in [3.63, 3.8) is 0 Å². The average Bonchev–Trinajstić information content (AvgIpc) is 2.01. The van der Waals surface area contributed by atoms with Crippen molar-refractivity contribution >= 4 is 5.71 Å². The van der Waals surface area contributed by atoms with Crippen molar-refractivity contribution in [3.8, 4) is 0 Å². The van der Waals surface area contributed by atoms with E-state index in [1.54, 1.807) is 0 Å². The summed E-state index contributed by atoms with van der Waals surface area (Å²) < 4.78 is 0. The van der Waals surface area contributed by atoms with Gasteiger partial charge in [0.15, 0.2) is 0 Å². The highest BCUT2D eigenvalue weighted by atomic mass is 15.5. The van der Waals surface area contributed by atoms with Gasteiger partial charge in [-0.1, -0.05) is 26.8 Å². The fourth-order valence-corrected chi connectivity index (χ4v) is 1.30. The van der Waals surface area contributed by atoms with Gasteiger partial charge in [0.25, 0.3) is 0 Å². The number of rotatable bonds is 0. The van der Waals surface area contributed by atoms with Crippen LogP contribution >= 0.6 is 0 Å². The molecule has 0 N–H and O–H groups in total. The highest BCUT2D eigenvalue weighted by molar-refractivity contribution is 5.90. The second-order valence-electron chi connectivity index (χ2n) is 5.90. The van der Waals surface area contributed by atoms with Crippen LogP contribution in [0.25, 0.3) is 0 Å². The molecule has 0 spiro atoms. The molecule has 0 aromatic rings. The average molecular weight is 194 g/mol. The molecule has 0 amide bonds. The Kier molecular flexibility index (Phi) is 2.75. The van der Waals surface area contributed by atoms with E-state index < -0.39 is 0 Å². The van der Waals surface area contributed by atoms with Crippen molar-refractivity contribution in [1.82, 2.24) is 5.01 Å². The summed E-state index contributed by atoms with van der Waals surface area (Å²) in [5.41, 5.74) is 1.51. The molecule has 0 radical (unpaired) electrons. The summed E-state index contributed by atoms with van der Waals surface area (Å²) >= 11 is 0. The van der Waals surface area contributed by atoms with Gasteiger partial charge in [-0.2, -0.15) is 5.10 Å². The summed E-state index contributed by atoms with van der Waals surface area (Å²) in [5.74, 6) is 0. The zero-order valence-corrected chi connectivity index (χ0v) is 10.3. The molecule has 0 aliphatic carbocycles. The van der Waals surface area contributed by atoms with Gasteiger partial charge in [0, 0.05) is 23.7 Å². The lowest BCUT2D eigenvalue weighted by atomic mass is 9.87. The van der Waals surface area contributed by atoms with Gasteiger partial charge in [0.2, 0.25) is 0 Å². The van der Waals surface area contributed by atoms with E-state index in [0.717, 1.165) is 6.42 Å². The summed E-state index contributed by atoms with van der Waals surface area (Å²) in [7, 11) is 0. The molecule has 14 heavy (non-hydrogen) atoms. The first-order chi connectivity index (χ1) is 6.21. The Morgan fingerprint density at radius 2 is 1.71 bits per heavy atom. The van der Waals surface area contributed by atoms with Gasteiger partial charge in [0.1, 0.15) is 0 Å². The van der Waals surface area contributed by atoms with E-state index in [0.29, 0.717) is 0 Å². The van der Waals surface area contributed by atoms with Crippen LogP contribution in [0.1, 0.15) is 48.0 Å². The molecule has 0 aromatic carbocycles. The van der Waals surface area contributed by atoms with Crippen LogP contribution < -0.4 is 0 Å². The van der Waals surface area contributed by atoms with Crippen molar-refractivity contribution < 1.29 is 0 Å². The molecule has 1 rings (SSSR count). The number of hydrazone groups is 1. The molecule has 1 aliphatic heterocycles. The third-order valence-corrected chi connectivity index (χ3v) is 2.34. The van der Waals surface area contributed by atoms with Gasteiger partial charge in [-0.15, -0.1) is 0 Å². The zero-order chi connectivity index (χ0) is 11.0. The molecule has 0 aromatic heterocycles. The van der Waals surface area contributed by atoms with Crippen molar-refractivity contribution in [3.05, 3.63) is 12.3 Å². The number of hydrogen-bond acceptors (Lipinski definition) is 2. The maximum absolute atomic E-state index is 4.69. The Morgan fingerprint density at radius 1 is 1.14 bits per heavy atom. The smallest absolute Gasteiger partial charge is 0.0543 e. The summed E-state index contributed by atoms with van der Waals surface area (Å²) in [5, 5.41) is 6.74. The number of hydrogen-bond donors (Lipinski definition) is 0. The Balaban J connectivity index is 2.89. The minimum Gasteiger partial charge on any atom is -0.268 e. The molecule has 2 heteroatoms. The number of allylic oxidation sites excluding steroid dienone is 1. The molecule has 1 heterocycles. The topological polar surface area (TPSA) is 15.6 Å². The SMILES string of the molecule is CC(C)(C)C1=NN(C(C)(C)C)C=CC1. The van der Waals surface area contributed by atoms with Gasteiger partial charge in [0.05, 0.1) is 5.54 Å². The van der Waals surface area contributed by atoms with Crippen LogP contribution in [0.4, 0.5) is 0 Å². The van der Waals surface area contributed by atoms with Crippen LogP contribution in [-0.2, 0) is 0 Å². The quantitative estimate of drug-likeness (QED) is 0.577. The fraction of sp³-hybridized carbons (Fsp3) is 0.750. The van der Waals surface area contributed by atoms with Crippen molar-refractivity contribution in [2.45, 2.75) is 53.5 Å². The molecule has 0 bridgehead atoms. The lowest BCUT2D eigenvalue weighted by Gasteiger charge is -2.35. The second-order valence-corrected chi connectivity index (χ2v) is 5.90. The van der Waals surface area contributed by atoms with E-state index in [1.165, 1.54) is 5.71 Å². The summed E-state index contributed by atoms with van der Waals surface area (Å²) in [6.45, 7) is 13.2. The maximum atomic E-state index is 4.69. The summed E-state index contributed by atoms with van der Waals surface area (Å²) in [4.78, 5) is 0. The molecule has 0 fully saturated rings. The Morgan fingerprint density at radius 3 is 2.14 bits per heavy atom. The van der Waals surface area contributed by atoms with Gasteiger partial charge in [-0.25, -0.2) is 0 Å². The van der Waals surface area contributed by atoms with E-state index in [4.69, 9.17) is 0 Å². The van der Waals surface area contributed by atoms with Crippen molar-refractivity contribution in [1.29, 1.82) is 0 Å². The van der Waals surface area contributed by atoms with Gasteiger partial charge < -0.3 is 0 Å². The van der Waals surface area contributed by atoms with Crippen LogP contribution in [0.15, 0.2) is 17.4 Å². The van der Waals surface area contributed by atoms with Crippen molar-refractivity contribution in [2.75, 3.05) is 0 Å². The van der Waals surface area contributed by atoms with Crippen LogP contribution in [-0.4, -0.2) is 16.3 Å². The monoisotopic (exact) mass is 194 g/mol. The van der Waals surface area contributed by atoms with Gasteiger partial charge >= 0.3 is 0 Å². The Hall–Kier alpha value is -0.790. The molecule has 0 saturated heterocycles. The Labute approximate surface area is 87.7 Å². The van der Waals surface area contributed by atoms with Crippen molar-refractivity contribution in [2.24, 2.45) is 10.5 Å². The molecule has 0 unspecified atom stereocenters. The highest BCUT2D eigenvalue weighted by Crippen LogP contribution is 2.25. The van der Waals surface area contributed by atoms with E-state index in [-0.39, 0.29) is 11.0 Å². The maximum Gasteiger partial charge on any atom is 0.0543 e. The largest absolute Gasteiger partial charge is 0.268 e. The predicted molar refractivity (Wildman–Crippen MR) is 62.2 cm³/mol. The minimum absolute atomic E-state index is 0.0768. The molecular weight excluding hydrogens is 172 g/mol. The van der Waals surface area contributed by atoms with Crippen LogP contribution in [0, 0.1) is 5.41 Å². The molecule has 1 aliphatic rings. The summed E-state index contributed by atoms with van der Waals surface area (Å²) in [6, 6.07) is 0. The van der Waals surface area contributed by atoms with Crippen LogP contribution in [0.2, 0.25) is 0 Å². The fourth-order valence-electron chi connectivity index (χ4n) is 1.30. The second kappa shape index (κ2) is 3.41. The first-order valence-electron chi connectivity index (χ1n) is 5.25. The molecule has 0 atom stereocenters. The molecule has 80 valence electrons. The number of nitrogens with zero attached hydrogens (tertiary/aromatic N) is 2. The van der Waals surface area contributed by atoms with E-state index in [1.807, 2.05) is 0 Å². The first-order valence-corrected chi connectivity index (χ1v) is 5.25. The summed E-state index contributed by atoms with van der Waals surface area (Å²) in [6.07, 6.45) is 5.25. The third-order valence-electron chi connectivity index (χ3n) is 2.34. The van der Waals surface area contributed by atoms with Crippen LogP contribution in [0.3, 0.4) is 0 Å². The highest BCUT2D eigenvalue weighted by Gasteiger charge is 2.25. The van der Waals surface area contributed by atoms with E-state index in [2.05, 4.69) is 63.9 Å². The third kappa shape index (κ3) is 2.60. The standard InChI is InChI=1S/C12H22N2/c1-11(2,3)10-8-7-9-14(13-10)12(4,5)6/h7,9H,8H2,1-6H3. The lowest BCUT2D eigenvalue weighted by molar-refractivity contribution is 0.208. The zero-order valence-electron chi connectivity index (χ0n) is 10.3. The van der Waals surface area contributed by atoms with Gasteiger partial charge in [-0.05, 0) is 20.8 Å². The molecule has 2 nitrogen and oxygen atoms in total.